The van der Waals surface area contributed by atoms with Crippen LogP contribution >= 0.6 is 0 Å². The summed E-state index contributed by atoms with van der Waals surface area (Å²) in [5.41, 5.74) is -0.298. The van der Waals surface area contributed by atoms with Crippen LogP contribution in [0.15, 0.2) is 0 Å². The highest BCUT2D eigenvalue weighted by atomic mass is 16.5. The fourth-order valence-electron chi connectivity index (χ4n) is 1.85. The molecule has 1 aliphatic rings. The van der Waals surface area contributed by atoms with Crippen LogP contribution < -0.4 is 15.0 Å². The van der Waals surface area contributed by atoms with Crippen molar-refractivity contribution in [3.05, 3.63) is 0 Å². The number of nitrogens with zero attached hydrogens (tertiary/aromatic N) is 4. The Labute approximate surface area is 126 Å². The van der Waals surface area contributed by atoms with Crippen molar-refractivity contribution in [2.45, 2.75) is 39.7 Å². The lowest BCUT2D eigenvalue weighted by Crippen LogP contribution is -2.38. The summed E-state index contributed by atoms with van der Waals surface area (Å²) in [5, 5.41) is 3.13. The number of rotatable bonds is 6. The molecule has 1 fully saturated rings. The maximum absolute atomic E-state index is 5.91. The van der Waals surface area contributed by atoms with Gasteiger partial charge in [0, 0.05) is 19.6 Å². The quantitative estimate of drug-likeness (QED) is 0.856. The molecule has 1 saturated heterocycles. The fourth-order valence-corrected chi connectivity index (χ4v) is 1.85. The predicted octanol–water partition coefficient (Wildman–Crippen LogP) is 1.71. The molecule has 2 heterocycles. The van der Waals surface area contributed by atoms with Gasteiger partial charge in [0.25, 0.3) is 0 Å². The summed E-state index contributed by atoms with van der Waals surface area (Å²) < 4.78 is 11.3. The lowest BCUT2D eigenvalue weighted by Gasteiger charge is -2.28. The molecule has 0 saturated carbocycles. The molecule has 0 radical (unpaired) electrons. The van der Waals surface area contributed by atoms with Gasteiger partial charge in [0.1, 0.15) is 5.60 Å². The van der Waals surface area contributed by atoms with Gasteiger partial charge in [-0.2, -0.15) is 15.0 Å². The number of morpholine rings is 1. The summed E-state index contributed by atoms with van der Waals surface area (Å²) >= 11 is 0. The van der Waals surface area contributed by atoms with Gasteiger partial charge in [-0.05, 0) is 27.2 Å². The van der Waals surface area contributed by atoms with E-state index in [1.165, 1.54) is 0 Å². The minimum absolute atomic E-state index is 0.298. The van der Waals surface area contributed by atoms with Crippen molar-refractivity contribution < 1.29 is 9.47 Å². The number of hydrogen-bond acceptors (Lipinski definition) is 7. The SMILES string of the molecule is CCNc1nc(OC(C)(C)CC)nc(N2CCOCC2)n1. The highest BCUT2D eigenvalue weighted by Gasteiger charge is 2.22. The topological polar surface area (TPSA) is 72.4 Å². The molecular weight excluding hydrogens is 270 g/mol. The first-order valence-corrected chi connectivity index (χ1v) is 7.55. The Morgan fingerprint density at radius 3 is 2.52 bits per heavy atom. The lowest BCUT2D eigenvalue weighted by atomic mass is 10.1. The molecule has 0 aliphatic carbocycles. The highest BCUT2D eigenvalue weighted by molar-refractivity contribution is 5.38. The maximum atomic E-state index is 5.91. The van der Waals surface area contributed by atoms with Gasteiger partial charge in [-0.15, -0.1) is 0 Å². The van der Waals surface area contributed by atoms with Gasteiger partial charge >= 0.3 is 6.01 Å². The normalized spacial score (nSPS) is 15.9. The van der Waals surface area contributed by atoms with E-state index in [1.54, 1.807) is 0 Å². The Morgan fingerprint density at radius 1 is 1.19 bits per heavy atom. The van der Waals surface area contributed by atoms with Crippen molar-refractivity contribution in [3.8, 4) is 6.01 Å². The molecule has 1 aliphatic heterocycles. The molecule has 0 bridgehead atoms. The molecule has 1 aromatic rings. The Morgan fingerprint density at radius 2 is 1.90 bits per heavy atom. The first-order valence-electron chi connectivity index (χ1n) is 7.55. The van der Waals surface area contributed by atoms with E-state index in [2.05, 4.69) is 32.1 Å². The van der Waals surface area contributed by atoms with Gasteiger partial charge in [-0.3, -0.25) is 0 Å². The van der Waals surface area contributed by atoms with Gasteiger partial charge in [0.2, 0.25) is 11.9 Å². The van der Waals surface area contributed by atoms with E-state index in [0.717, 1.165) is 26.1 Å². The molecule has 7 heteroatoms. The van der Waals surface area contributed by atoms with Crippen LogP contribution in [0.4, 0.5) is 11.9 Å². The van der Waals surface area contributed by atoms with Gasteiger partial charge < -0.3 is 19.7 Å². The molecular formula is C14H25N5O2. The number of aromatic nitrogens is 3. The largest absolute Gasteiger partial charge is 0.457 e. The minimum atomic E-state index is -0.298. The molecule has 0 aromatic carbocycles. The van der Waals surface area contributed by atoms with E-state index in [-0.39, 0.29) is 5.60 Å². The molecule has 2 rings (SSSR count). The van der Waals surface area contributed by atoms with Crippen molar-refractivity contribution in [3.63, 3.8) is 0 Å². The molecule has 1 N–H and O–H groups in total. The van der Waals surface area contributed by atoms with Crippen molar-refractivity contribution in [2.75, 3.05) is 43.1 Å². The number of ether oxygens (including phenoxy) is 2. The Hall–Kier alpha value is -1.63. The van der Waals surface area contributed by atoms with Gasteiger partial charge in [0.15, 0.2) is 0 Å². The van der Waals surface area contributed by atoms with Gasteiger partial charge in [-0.25, -0.2) is 0 Å². The standard InChI is InChI=1S/C14H25N5O2/c1-5-14(3,4)21-13-17-11(15-6-2)16-12(18-13)19-7-9-20-10-8-19/h5-10H2,1-4H3,(H,15,16,17,18). The Kier molecular flexibility index (Phi) is 5.17. The Bertz CT molecular complexity index is 461. The third-order valence-corrected chi connectivity index (χ3v) is 3.45. The molecule has 0 amide bonds. The smallest absolute Gasteiger partial charge is 0.323 e. The summed E-state index contributed by atoms with van der Waals surface area (Å²) in [5.74, 6) is 1.20. The second kappa shape index (κ2) is 6.89. The number of nitrogens with one attached hydrogen (secondary N) is 1. The van der Waals surface area contributed by atoms with E-state index in [1.807, 2.05) is 20.8 Å². The average Bonchev–Trinajstić information content (AvgIpc) is 2.48. The Balaban J connectivity index is 2.24. The zero-order valence-corrected chi connectivity index (χ0v) is 13.3. The van der Waals surface area contributed by atoms with Crippen LogP contribution in [0.25, 0.3) is 0 Å². The van der Waals surface area contributed by atoms with Gasteiger partial charge in [-0.1, -0.05) is 6.92 Å². The first-order chi connectivity index (χ1) is 10.0. The van der Waals surface area contributed by atoms with E-state index in [9.17, 15) is 0 Å². The van der Waals surface area contributed by atoms with Crippen LogP contribution in [0.3, 0.4) is 0 Å². The number of anilines is 2. The van der Waals surface area contributed by atoms with E-state index < -0.39 is 0 Å². The summed E-state index contributed by atoms with van der Waals surface area (Å²) in [6, 6.07) is 0.370. The molecule has 0 unspecified atom stereocenters. The van der Waals surface area contributed by atoms with Crippen LogP contribution in [-0.4, -0.2) is 53.4 Å². The van der Waals surface area contributed by atoms with Crippen LogP contribution in [0, 0.1) is 0 Å². The number of hydrogen-bond donors (Lipinski definition) is 1. The van der Waals surface area contributed by atoms with Crippen molar-refractivity contribution >= 4 is 11.9 Å². The molecule has 0 spiro atoms. The molecule has 1 aromatic heterocycles. The highest BCUT2D eigenvalue weighted by Crippen LogP contribution is 2.21. The average molecular weight is 295 g/mol. The second-order valence-electron chi connectivity index (χ2n) is 5.59. The third kappa shape index (κ3) is 4.42. The summed E-state index contributed by atoms with van der Waals surface area (Å²) in [6.45, 7) is 11.8. The molecule has 21 heavy (non-hydrogen) atoms. The van der Waals surface area contributed by atoms with E-state index >= 15 is 0 Å². The van der Waals surface area contributed by atoms with E-state index in [4.69, 9.17) is 9.47 Å². The predicted molar refractivity (Wildman–Crippen MR) is 82.0 cm³/mol. The molecule has 118 valence electrons. The summed E-state index contributed by atoms with van der Waals surface area (Å²) in [6.07, 6.45) is 0.877. The second-order valence-corrected chi connectivity index (χ2v) is 5.59. The summed E-state index contributed by atoms with van der Waals surface area (Å²) in [7, 11) is 0. The lowest BCUT2D eigenvalue weighted by molar-refractivity contribution is 0.0919. The monoisotopic (exact) mass is 295 g/mol. The zero-order valence-electron chi connectivity index (χ0n) is 13.3. The van der Waals surface area contributed by atoms with Crippen molar-refractivity contribution in [1.82, 2.24) is 15.0 Å². The fraction of sp³-hybridized carbons (Fsp3) is 0.786. The maximum Gasteiger partial charge on any atom is 0.323 e. The van der Waals surface area contributed by atoms with Crippen LogP contribution in [0.5, 0.6) is 6.01 Å². The van der Waals surface area contributed by atoms with Crippen LogP contribution in [0.1, 0.15) is 34.1 Å². The van der Waals surface area contributed by atoms with Crippen LogP contribution in [-0.2, 0) is 4.74 Å². The molecule has 0 atom stereocenters. The van der Waals surface area contributed by atoms with Gasteiger partial charge in [0.05, 0.1) is 13.2 Å². The zero-order chi connectivity index (χ0) is 15.3. The minimum Gasteiger partial charge on any atom is -0.457 e. The third-order valence-electron chi connectivity index (χ3n) is 3.45. The first kappa shape index (κ1) is 15.8. The van der Waals surface area contributed by atoms with Crippen molar-refractivity contribution in [1.29, 1.82) is 0 Å². The van der Waals surface area contributed by atoms with Crippen molar-refractivity contribution in [2.24, 2.45) is 0 Å². The van der Waals surface area contributed by atoms with Crippen LogP contribution in [0.2, 0.25) is 0 Å². The summed E-state index contributed by atoms with van der Waals surface area (Å²) in [4.78, 5) is 15.4. The molecule has 7 nitrogen and oxygen atoms in total. The van der Waals surface area contributed by atoms with E-state index in [0.29, 0.717) is 31.1 Å².